The quantitative estimate of drug-likeness (QED) is 0.749. The van der Waals surface area contributed by atoms with Gasteiger partial charge in [-0.25, -0.2) is 0 Å². The molecule has 1 aliphatic rings. The zero-order valence-electron chi connectivity index (χ0n) is 14.2. The zero-order valence-corrected chi connectivity index (χ0v) is 14.2. The van der Waals surface area contributed by atoms with Gasteiger partial charge in [0.25, 0.3) is 0 Å². The van der Waals surface area contributed by atoms with Crippen molar-refractivity contribution in [2.75, 3.05) is 0 Å². The van der Waals surface area contributed by atoms with E-state index in [1.807, 2.05) is 30.3 Å². The molecule has 1 saturated carbocycles. The molecule has 5 heteroatoms. The smallest absolute Gasteiger partial charge is 0.305 e. The topological polar surface area (TPSA) is 75.6 Å². The molecule has 2 rings (SSSR count). The standard InChI is InChI=1S/C19H27NO4/c1-14(24-16-11-7-2-3-8-12-16)19(23)20-17(13-18(21)22)15-9-5-4-6-10-15/h4-6,9-10,14,16-17H,2-3,7-8,11-13H2,1H3,(H,20,23)(H,21,22). The van der Waals surface area contributed by atoms with Crippen molar-refractivity contribution >= 4 is 11.9 Å². The Kier molecular flexibility index (Phi) is 7.25. The Bertz CT molecular complexity index is 523. The van der Waals surface area contributed by atoms with Crippen LogP contribution >= 0.6 is 0 Å². The van der Waals surface area contributed by atoms with Gasteiger partial charge in [0.1, 0.15) is 6.10 Å². The molecule has 2 atom stereocenters. The molecule has 0 saturated heterocycles. The van der Waals surface area contributed by atoms with Crippen LogP contribution in [0, 0.1) is 0 Å². The van der Waals surface area contributed by atoms with Crippen LogP contribution in [0.1, 0.15) is 63.5 Å². The number of aliphatic carboxylic acids is 1. The molecular weight excluding hydrogens is 306 g/mol. The SMILES string of the molecule is CC(OC1CCCCCC1)C(=O)NC(CC(=O)O)c1ccccc1. The fraction of sp³-hybridized carbons (Fsp3) is 0.579. The highest BCUT2D eigenvalue weighted by molar-refractivity contribution is 5.81. The van der Waals surface area contributed by atoms with Gasteiger partial charge < -0.3 is 15.2 Å². The molecule has 0 aliphatic heterocycles. The Balaban J connectivity index is 1.94. The number of carboxylic acids is 1. The van der Waals surface area contributed by atoms with E-state index in [9.17, 15) is 9.59 Å². The maximum Gasteiger partial charge on any atom is 0.305 e. The molecule has 1 amide bonds. The average Bonchev–Trinajstić information content (AvgIpc) is 2.83. The van der Waals surface area contributed by atoms with E-state index in [-0.39, 0.29) is 18.4 Å². The number of rotatable bonds is 7. The van der Waals surface area contributed by atoms with E-state index in [1.165, 1.54) is 12.8 Å². The van der Waals surface area contributed by atoms with Crippen molar-refractivity contribution in [2.24, 2.45) is 0 Å². The molecule has 1 aromatic carbocycles. The molecule has 24 heavy (non-hydrogen) atoms. The van der Waals surface area contributed by atoms with Crippen molar-refractivity contribution in [1.82, 2.24) is 5.32 Å². The molecule has 2 N–H and O–H groups in total. The normalized spacial score (nSPS) is 18.4. The van der Waals surface area contributed by atoms with E-state index in [2.05, 4.69) is 5.32 Å². The second-order valence-electron chi connectivity index (χ2n) is 6.46. The van der Waals surface area contributed by atoms with Crippen LogP contribution in [0.3, 0.4) is 0 Å². The fourth-order valence-electron chi connectivity index (χ4n) is 3.13. The van der Waals surface area contributed by atoms with Crippen LogP contribution in [-0.4, -0.2) is 29.2 Å². The maximum atomic E-state index is 12.4. The van der Waals surface area contributed by atoms with Gasteiger partial charge in [-0.1, -0.05) is 56.0 Å². The summed E-state index contributed by atoms with van der Waals surface area (Å²) in [6.45, 7) is 1.74. The molecule has 2 unspecified atom stereocenters. The molecular formula is C19H27NO4. The lowest BCUT2D eigenvalue weighted by Crippen LogP contribution is -2.39. The molecule has 0 heterocycles. The number of ether oxygens (including phenoxy) is 1. The summed E-state index contributed by atoms with van der Waals surface area (Å²) in [6, 6.07) is 8.64. The lowest BCUT2D eigenvalue weighted by atomic mass is 10.0. The van der Waals surface area contributed by atoms with E-state index < -0.39 is 18.1 Å². The van der Waals surface area contributed by atoms with Crippen LogP contribution in [0.2, 0.25) is 0 Å². The second kappa shape index (κ2) is 9.42. The maximum absolute atomic E-state index is 12.4. The third kappa shape index (κ3) is 5.96. The van der Waals surface area contributed by atoms with Gasteiger partial charge in [0.15, 0.2) is 0 Å². The van der Waals surface area contributed by atoms with Crippen LogP contribution in [0.4, 0.5) is 0 Å². The van der Waals surface area contributed by atoms with E-state index in [0.29, 0.717) is 0 Å². The Morgan fingerprint density at radius 2 is 1.79 bits per heavy atom. The van der Waals surface area contributed by atoms with Crippen LogP contribution in [0.15, 0.2) is 30.3 Å². The number of hydrogen-bond donors (Lipinski definition) is 2. The second-order valence-corrected chi connectivity index (χ2v) is 6.46. The molecule has 0 spiro atoms. The van der Waals surface area contributed by atoms with Crippen molar-refractivity contribution in [2.45, 2.75) is 70.1 Å². The Hall–Kier alpha value is -1.88. The van der Waals surface area contributed by atoms with Crippen LogP contribution < -0.4 is 5.32 Å². The van der Waals surface area contributed by atoms with Crippen LogP contribution in [-0.2, 0) is 14.3 Å². The summed E-state index contributed by atoms with van der Waals surface area (Å²) in [7, 11) is 0. The van der Waals surface area contributed by atoms with Crippen molar-refractivity contribution in [3.8, 4) is 0 Å². The first kappa shape index (κ1) is 18.5. The first-order chi connectivity index (χ1) is 11.6. The highest BCUT2D eigenvalue weighted by Crippen LogP contribution is 2.22. The molecule has 0 bridgehead atoms. The van der Waals surface area contributed by atoms with E-state index in [4.69, 9.17) is 9.84 Å². The number of amides is 1. The minimum absolute atomic E-state index is 0.128. The average molecular weight is 333 g/mol. The summed E-state index contributed by atoms with van der Waals surface area (Å²) in [6.07, 6.45) is 6.14. The highest BCUT2D eigenvalue weighted by Gasteiger charge is 2.24. The van der Waals surface area contributed by atoms with Crippen molar-refractivity contribution in [3.63, 3.8) is 0 Å². The molecule has 1 fully saturated rings. The minimum atomic E-state index is -0.943. The number of carbonyl (C=O) groups excluding carboxylic acids is 1. The van der Waals surface area contributed by atoms with Gasteiger partial charge in [0.05, 0.1) is 18.6 Å². The van der Waals surface area contributed by atoms with Gasteiger partial charge in [0.2, 0.25) is 5.91 Å². The van der Waals surface area contributed by atoms with Gasteiger partial charge >= 0.3 is 5.97 Å². The van der Waals surface area contributed by atoms with Crippen molar-refractivity contribution < 1.29 is 19.4 Å². The van der Waals surface area contributed by atoms with E-state index in [1.54, 1.807) is 6.92 Å². The molecule has 132 valence electrons. The van der Waals surface area contributed by atoms with Gasteiger partial charge in [-0.15, -0.1) is 0 Å². The number of carboxylic acid groups (broad SMARTS) is 1. The van der Waals surface area contributed by atoms with Crippen LogP contribution in [0.5, 0.6) is 0 Å². The molecule has 5 nitrogen and oxygen atoms in total. The predicted octanol–water partition coefficient (Wildman–Crippen LogP) is 3.45. The summed E-state index contributed by atoms with van der Waals surface area (Å²) < 4.78 is 5.92. The van der Waals surface area contributed by atoms with Gasteiger partial charge in [0, 0.05) is 0 Å². The zero-order chi connectivity index (χ0) is 17.4. The molecule has 1 aromatic rings. The number of benzene rings is 1. The van der Waals surface area contributed by atoms with Gasteiger partial charge in [-0.3, -0.25) is 9.59 Å². The predicted molar refractivity (Wildman–Crippen MR) is 91.6 cm³/mol. The summed E-state index contributed by atoms with van der Waals surface area (Å²) >= 11 is 0. The van der Waals surface area contributed by atoms with Gasteiger partial charge in [-0.2, -0.15) is 0 Å². The lowest BCUT2D eigenvalue weighted by Gasteiger charge is -2.23. The van der Waals surface area contributed by atoms with Crippen molar-refractivity contribution in [3.05, 3.63) is 35.9 Å². The fourth-order valence-corrected chi connectivity index (χ4v) is 3.13. The minimum Gasteiger partial charge on any atom is -0.481 e. The first-order valence-corrected chi connectivity index (χ1v) is 8.79. The van der Waals surface area contributed by atoms with E-state index in [0.717, 1.165) is 31.2 Å². The van der Waals surface area contributed by atoms with E-state index >= 15 is 0 Å². The molecule has 1 aliphatic carbocycles. The number of carbonyl (C=O) groups is 2. The summed E-state index contributed by atoms with van der Waals surface area (Å²) in [4.78, 5) is 23.5. The first-order valence-electron chi connectivity index (χ1n) is 8.79. The van der Waals surface area contributed by atoms with Crippen molar-refractivity contribution in [1.29, 1.82) is 0 Å². The Morgan fingerprint density at radius 1 is 1.17 bits per heavy atom. The molecule has 0 aromatic heterocycles. The number of nitrogens with one attached hydrogen (secondary N) is 1. The Morgan fingerprint density at radius 3 is 2.38 bits per heavy atom. The van der Waals surface area contributed by atoms with Gasteiger partial charge in [-0.05, 0) is 25.3 Å². The largest absolute Gasteiger partial charge is 0.481 e. The summed E-state index contributed by atoms with van der Waals surface area (Å²) in [5.41, 5.74) is 0.787. The summed E-state index contributed by atoms with van der Waals surface area (Å²) in [5, 5.41) is 11.9. The third-order valence-corrected chi connectivity index (χ3v) is 4.47. The summed E-state index contributed by atoms with van der Waals surface area (Å²) in [5.74, 6) is -1.20. The third-order valence-electron chi connectivity index (χ3n) is 4.47. The Labute approximate surface area is 143 Å². The lowest BCUT2D eigenvalue weighted by molar-refractivity contribution is -0.139. The molecule has 0 radical (unpaired) electrons. The monoisotopic (exact) mass is 333 g/mol. The number of hydrogen-bond acceptors (Lipinski definition) is 3. The van der Waals surface area contributed by atoms with Crippen LogP contribution in [0.25, 0.3) is 0 Å². The highest BCUT2D eigenvalue weighted by atomic mass is 16.5.